The normalized spacial score (nSPS) is 10.3. The van der Waals surface area contributed by atoms with Crippen LogP contribution in [0.2, 0.25) is 5.02 Å². The summed E-state index contributed by atoms with van der Waals surface area (Å²) in [6.07, 6.45) is 0. The SMILES string of the molecule is Cc1cc(Oc2cccc(Cl)c2F)nc(N)n1. The van der Waals surface area contributed by atoms with Crippen molar-refractivity contribution in [1.82, 2.24) is 9.97 Å². The van der Waals surface area contributed by atoms with Gasteiger partial charge in [0.05, 0.1) is 5.02 Å². The highest BCUT2D eigenvalue weighted by Gasteiger charge is 2.09. The second-order valence-corrected chi connectivity index (χ2v) is 3.77. The molecule has 0 aliphatic heterocycles. The van der Waals surface area contributed by atoms with Crippen LogP contribution in [0.3, 0.4) is 0 Å². The van der Waals surface area contributed by atoms with E-state index in [1.165, 1.54) is 12.1 Å². The molecule has 88 valence electrons. The molecule has 1 heterocycles. The van der Waals surface area contributed by atoms with Crippen molar-refractivity contribution >= 4 is 17.5 Å². The molecule has 1 aromatic carbocycles. The number of hydrogen-bond donors (Lipinski definition) is 1. The fourth-order valence-corrected chi connectivity index (χ4v) is 1.46. The summed E-state index contributed by atoms with van der Waals surface area (Å²) < 4.78 is 18.8. The van der Waals surface area contributed by atoms with Gasteiger partial charge in [-0.05, 0) is 19.1 Å². The smallest absolute Gasteiger partial charge is 0.224 e. The van der Waals surface area contributed by atoms with Gasteiger partial charge in [-0.25, -0.2) is 9.37 Å². The Morgan fingerprint density at radius 1 is 1.35 bits per heavy atom. The third-order valence-electron chi connectivity index (χ3n) is 1.98. The molecular weight excluding hydrogens is 245 g/mol. The number of nitrogen functional groups attached to an aromatic ring is 1. The second-order valence-electron chi connectivity index (χ2n) is 3.36. The first kappa shape index (κ1) is 11.6. The number of ether oxygens (including phenoxy) is 1. The zero-order valence-electron chi connectivity index (χ0n) is 8.95. The van der Waals surface area contributed by atoms with E-state index < -0.39 is 5.82 Å². The van der Waals surface area contributed by atoms with Crippen LogP contribution in [0.5, 0.6) is 11.6 Å². The minimum atomic E-state index is -0.635. The summed E-state index contributed by atoms with van der Waals surface area (Å²) in [5, 5.41) is -0.0127. The highest BCUT2D eigenvalue weighted by Crippen LogP contribution is 2.28. The van der Waals surface area contributed by atoms with Gasteiger partial charge < -0.3 is 10.5 Å². The molecule has 6 heteroatoms. The molecule has 0 aliphatic carbocycles. The molecular formula is C11H9ClFN3O. The number of nitrogens with two attached hydrogens (primary N) is 1. The number of nitrogens with zero attached hydrogens (tertiary/aromatic N) is 2. The summed E-state index contributed by atoms with van der Waals surface area (Å²) in [5.41, 5.74) is 6.09. The van der Waals surface area contributed by atoms with Gasteiger partial charge in [-0.3, -0.25) is 0 Å². The summed E-state index contributed by atoms with van der Waals surface area (Å²) >= 11 is 5.63. The molecule has 0 saturated carbocycles. The number of rotatable bonds is 2. The third-order valence-corrected chi connectivity index (χ3v) is 2.27. The van der Waals surface area contributed by atoms with E-state index in [-0.39, 0.29) is 22.6 Å². The molecule has 1 aromatic heterocycles. The van der Waals surface area contributed by atoms with Crippen molar-refractivity contribution in [2.45, 2.75) is 6.92 Å². The molecule has 4 nitrogen and oxygen atoms in total. The first-order valence-electron chi connectivity index (χ1n) is 4.79. The Morgan fingerprint density at radius 2 is 2.12 bits per heavy atom. The highest BCUT2D eigenvalue weighted by atomic mass is 35.5. The Bertz CT molecular complexity index is 542. The zero-order chi connectivity index (χ0) is 12.4. The summed E-state index contributed by atoms with van der Waals surface area (Å²) in [6.45, 7) is 1.74. The predicted molar refractivity (Wildman–Crippen MR) is 62.7 cm³/mol. The van der Waals surface area contributed by atoms with E-state index in [4.69, 9.17) is 22.1 Å². The van der Waals surface area contributed by atoms with Gasteiger partial charge in [0.15, 0.2) is 11.6 Å². The van der Waals surface area contributed by atoms with Crippen LogP contribution in [0.1, 0.15) is 5.69 Å². The van der Waals surface area contributed by atoms with Gasteiger partial charge in [0, 0.05) is 11.8 Å². The maximum Gasteiger partial charge on any atom is 0.224 e. The minimum absolute atomic E-state index is 0.00463. The minimum Gasteiger partial charge on any atom is -0.436 e. The van der Waals surface area contributed by atoms with Crippen LogP contribution in [0.4, 0.5) is 10.3 Å². The molecule has 0 fully saturated rings. The van der Waals surface area contributed by atoms with Gasteiger partial charge in [0.2, 0.25) is 11.8 Å². The topological polar surface area (TPSA) is 61.0 Å². The molecule has 0 aliphatic rings. The van der Waals surface area contributed by atoms with Gasteiger partial charge >= 0.3 is 0 Å². The monoisotopic (exact) mass is 253 g/mol. The highest BCUT2D eigenvalue weighted by molar-refractivity contribution is 6.30. The van der Waals surface area contributed by atoms with Crippen LogP contribution >= 0.6 is 11.6 Å². The van der Waals surface area contributed by atoms with Crippen molar-refractivity contribution in [3.63, 3.8) is 0 Å². The van der Waals surface area contributed by atoms with Crippen molar-refractivity contribution in [2.75, 3.05) is 5.73 Å². The van der Waals surface area contributed by atoms with Crippen LogP contribution < -0.4 is 10.5 Å². The molecule has 2 rings (SSSR count). The Balaban J connectivity index is 2.34. The molecule has 2 aromatic rings. The van der Waals surface area contributed by atoms with E-state index in [0.717, 1.165) is 0 Å². The van der Waals surface area contributed by atoms with Crippen molar-refractivity contribution in [1.29, 1.82) is 0 Å². The lowest BCUT2D eigenvalue weighted by atomic mass is 10.3. The standard InChI is InChI=1S/C11H9ClFN3O/c1-6-5-9(16-11(14)15-6)17-8-4-2-3-7(12)10(8)13/h2-5H,1H3,(H2,14,15,16). The summed E-state index contributed by atoms with van der Waals surface area (Å²) in [5.74, 6) is -0.391. The van der Waals surface area contributed by atoms with Crippen molar-refractivity contribution in [3.8, 4) is 11.6 Å². The summed E-state index contributed by atoms with van der Waals surface area (Å²) in [4.78, 5) is 7.72. The molecule has 0 bridgehead atoms. The fraction of sp³-hybridized carbons (Fsp3) is 0.0909. The number of anilines is 1. The first-order valence-corrected chi connectivity index (χ1v) is 5.17. The van der Waals surface area contributed by atoms with Crippen LogP contribution in [0.25, 0.3) is 0 Å². The molecule has 0 unspecified atom stereocenters. The first-order chi connectivity index (χ1) is 8.06. The van der Waals surface area contributed by atoms with E-state index in [9.17, 15) is 4.39 Å². The molecule has 0 radical (unpaired) electrons. The number of aryl methyl sites for hydroxylation is 1. The number of hydrogen-bond acceptors (Lipinski definition) is 4. The Hall–Kier alpha value is -1.88. The maximum atomic E-state index is 13.6. The van der Waals surface area contributed by atoms with Crippen LogP contribution in [-0.2, 0) is 0 Å². The van der Waals surface area contributed by atoms with Gasteiger partial charge in [-0.15, -0.1) is 0 Å². The Morgan fingerprint density at radius 3 is 2.82 bits per heavy atom. The molecule has 17 heavy (non-hydrogen) atoms. The molecule has 2 N–H and O–H groups in total. The van der Waals surface area contributed by atoms with Gasteiger partial charge in [0.1, 0.15) is 0 Å². The molecule has 0 atom stereocenters. The van der Waals surface area contributed by atoms with E-state index in [1.807, 2.05) is 0 Å². The molecule has 0 amide bonds. The van der Waals surface area contributed by atoms with Crippen molar-refractivity contribution in [3.05, 3.63) is 40.8 Å². The lowest BCUT2D eigenvalue weighted by molar-refractivity contribution is 0.427. The number of aromatic nitrogens is 2. The molecule has 0 saturated heterocycles. The van der Waals surface area contributed by atoms with E-state index in [0.29, 0.717) is 5.69 Å². The van der Waals surface area contributed by atoms with Gasteiger partial charge in [-0.2, -0.15) is 4.98 Å². The average molecular weight is 254 g/mol. The predicted octanol–water partition coefficient (Wildman–Crippen LogP) is 2.95. The van der Waals surface area contributed by atoms with E-state index >= 15 is 0 Å². The molecule has 0 spiro atoms. The number of benzene rings is 1. The fourth-order valence-electron chi connectivity index (χ4n) is 1.29. The quantitative estimate of drug-likeness (QED) is 0.894. The van der Waals surface area contributed by atoms with Crippen LogP contribution in [-0.4, -0.2) is 9.97 Å². The average Bonchev–Trinajstić information content (AvgIpc) is 2.23. The third kappa shape index (κ3) is 2.62. The Kier molecular flexibility index (Phi) is 3.10. The zero-order valence-corrected chi connectivity index (χ0v) is 9.70. The van der Waals surface area contributed by atoms with E-state index in [1.54, 1.807) is 19.1 Å². The Labute approximate surface area is 102 Å². The lowest BCUT2D eigenvalue weighted by Gasteiger charge is -2.07. The van der Waals surface area contributed by atoms with Crippen LogP contribution in [0.15, 0.2) is 24.3 Å². The lowest BCUT2D eigenvalue weighted by Crippen LogP contribution is -1.99. The maximum absolute atomic E-state index is 13.6. The van der Waals surface area contributed by atoms with Crippen molar-refractivity contribution < 1.29 is 9.13 Å². The number of halogens is 2. The second kappa shape index (κ2) is 4.55. The van der Waals surface area contributed by atoms with E-state index in [2.05, 4.69) is 9.97 Å². The van der Waals surface area contributed by atoms with Crippen LogP contribution in [0, 0.1) is 12.7 Å². The summed E-state index contributed by atoms with van der Waals surface area (Å²) in [6, 6.07) is 6.02. The van der Waals surface area contributed by atoms with Crippen molar-refractivity contribution in [2.24, 2.45) is 0 Å². The van der Waals surface area contributed by atoms with Gasteiger partial charge in [0.25, 0.3) is 0 Å². The van der Waals surface area contributed by atoms with Gasteiger partial charge in [-0.1, -0.05) is 17.7 Å². The largest absolute Gasteiger partial charge is 0.436 e. The summed E-state index contributed by atoms with van der Waals surface area (Å²) in [7, 11) is 0.